The molecule has 0 fully saturated rings. The molecule has 0 atom stereocenters. The summed E-state index contributed by atoms with van der Waals surface area (Å²) in [6.07, 6.45) is 0. The van der Waals surface area contributed by atoms with Gasteiger partial charge >= 0.3 is 0 Å². The van der Waals surface area contributed by atoms with E-state index in [1.807, 2.05) is 26.0 Å². The highest BCUT2D eigenvalue weighted by atomic mass is 14.9. The van der Waals surface area contributed by atoms with Gasteiger partial charge in [0.05, 0.1) is 12.1 Å². The highest BCUT2D eigenvalue weighted by Crippen LogP contribution is 1.81. The molecular weight excluding hydrogens is 114 g/mol. The third-order valence-electron chi connectivity index (χ3n) is 0.758. The van der Waals surface area contributed by atoms with Crippen LogP contribution in [0, 0.1) is 22.7 Å². The number of rotatable bonds is 2. The average Bonchev–Trinajstić information content (AvgIpc) is 1.82. The molecule has 0 amide bonds. The van der Waals surface area contributed by atoms with Gasteiger partial charge in [0.15, 0.2) is 6.04 Å². The van der Waals surface area contributed by atoms with Crippen LogP contribution in [0.3, 0.4) is 0 Å². The second-order valence-corrected chi connectivity index (χ2v) is 2.01. The summed E-state index contributed by atoms with van der Waals surface area (Å²) in [7, 11) is 0. The Balaban J connectivity index is 3.64. The molecule has 3 heteroatoms. The van der Waals surface area contributed by atoms with Crippen LogP contribution in [0.1, 0.15) is 13.8 Å². The van der Waals surface area contributed by atoms with E-state index in [9.17, 15) is 0 Å². The molecule has 48 valence electrons. The molecule has 0 aromatic rings. The lowest BCUT2D eigenvalue weighted by molar-refractivity contribution is 0.588. The van der Waals surface area contributed by atoms with Crippen LogP contribution in [0.4, 0.5) is 0 Å². The molecule has 3 nitrogen and oxygen atoms in total. The largest absolute Gasteiger partial charge is 0.288 e. The smallest absolute Gasteiger partial charge is 0.183 e. The van der Waals surface area contributed by atoms with Crippen LogP contribution in [0.2, 0.25) is 0 Å². The van der Waals surface area contributed by atoms with Crippen LogP contribution in [0.5, 0.6) is 0 Å². The van der Waals surface area contributed by atoms with Crippen LogP contribution in [-0.2, 0) is 0 Å². The molecule has 0 rings (SSSR count). The van der Waals surface area contributed by atoms with Crippen LogP contribution in [0.25, 0.3) is 0 Å². The molecule has 0 saturated carbocycles. The lowest BCUT2D eigenvalue weighted by Gasteiger charge is -2.05. The first-order chi connectivity index (χ1) is 4.20. The topological polar surface area (TPSA) is 59.6 Å². The highest BCUT2D eigenvalue weighted by Gasteiger charge is 2.03. The summed E-state index contributed by atoms with van der Waals surface area (Å²) >= 11 is 0. The van der Waals surface area contributed by atoms with E-state index < -0.39 is 6.04 Å². The molecule has 0 aromatic carbocycles. The Hall–Kier alpha value is -1.06. The Morgan fingerprint density at radius 1 is 1.22 bits per heavy atom. The first-order valence-corrected chi connectivity index (χ1v) is 2.76. The van der Waals surface area contributed by atoms with Crippen molar-refractivity contribution in [2.24, 2.45) is 0 Å². The summed E-state index contributed by atoms with van der Waals surface area (Å²) in [6, 6.07) is 3.15. The zero-order valence-corrected chi connectivity index (χ0v) is 5.55. The highest BCUT2D eigenvalue weighted by molar-refractivity contribution is 5.06. The van der Waals surface area contributed by atoms with E-state index in [0.29, 0.717) is 0 Å². The molecule has 0 saturated heterocycles. The van der Waals surface area contributed by atoms with Crippen molar-refractivity contribution in [3.05, 3.63) is 0 Å². The quantitative estimate of drug-likeness (QED) is 0.578. The molecule has 0 aliphatic carbocycles. The van der Waals surface area contributed by atoms with E-state index >= 15 is 0 Å². The molecule has 0 heterocycles. The van der Waals surface area contributed by atoms with Gasteiger partial charge in [0.1, 0.15) is 0 Å². The van der Waals surface area contributed by atoms with Gasteiger partial charge in [0, 0.05) is 6.04 Å². The van der Waals surface area contributed by atoms with Crippen LogP contribution >= 0.6 is 0 Å². The molecule has 0 aliphatic heterocycles. The molecule has 9 heavy (non-hydrogen) atoms. The molecule has 0 radical (unpaired) electrons. The Morgan fingerprint density at radius 2 is 1.67 bits per heavy atom. The van der Waals surface area contributed by atoms with E-state index in [4.69, 9.17) is 10.5 Å². The van der Waals surface area contributed by atoms with Gasteiger partial charge in [-0.15, -0.1) is 0 Å². The summed E-state index contributed by atoms with van der Waals surface area (Å²) in [5.74, 6) is 0. The van der Waals surface area contributed by atoms with Crippen molar-refractivity contribution in [1.29, 1.82) is 10.5 Å². The van der Waals surface area contributed by atoms with Gasteiger partial charge in [0.25, 0.3) is 0 Å². The van der Waals surface area contributed by atoms with E-state index in [1.54, 1.807) is 0 Å². The van der Waals surface area contributed by atoms with E-state index in [2.05, 4.69) is 5.32 Å². The SMILES string of the molecule is CC(C)NC(C#N)C#N. The van der Waals surface area contributed by atoms with E-state index in [1.165, 1.54) is 0 Å². The second-order valence-electron chi connectivity index (χ2n) is 2.01. The van der Waals surface area contributed by atoms with Gasteiger partial charge in [-0.05, 0) is 13.8 Å². The number of nitrogens with one attached hydrogen (secondary N) is 1. The van der Waals surface area contributed by atoms with Gasteiger partial charge in [-0.3, -0.25) is 5.32 Å². The minimum absolute atomic E-state index is 0.189. The Kier molecular flexibility index (Phi) is 3.43. The zero-order chi connectivity index (χ0) is 7.28. The van der Waals surface area contributed by atoms with Gasteiger partial charge in [-0.2, -0.15) is 10.5 Å². The van der Waals surface area contributed by atoms with E-state index in [-0.39, 0.29) is 6.04 Å². The van der Waals surface area contributed by atoms with Crippen LogP contribution < -0.4 is 5.32 Å². The lowest BCUT2D eigenvalue weighted by Crippen LogP contribution is -2.32. The number of hydrogen-bond acceptors (Lipinski definition) is 3. The first-order valence-electron chi connectivity index (χ1n) is 2.76. The van der Waals surface area contributed by atoms with Crippen molar-refractivity contribution in [2.75, 3.05) is 0 Å². The summed E-state index contributed by atoms with van der Waals surface area (Å²) in [4.78, 5) is 0. The maximum atomic E-state index is 8.24. The fourth-order valence-electron chi connectivity index (χ4n) is 0.437. The van der Waals surface area contributed by atoms with Gasteiger partial charge < -0.3 is 0 Å². The van der Waals surface area contributed by atoms with Crippen molar-refractivity contribution in [1.82, 2.24) is 5.32 Å². The molecule has 0 aromatic heterocycles. The fraction of sp³-hybridized carbons (Fsp3) is 0.667. The Bertz CT molecular complexity index is 135. The minimum Gasteiger partial charge on any atom is -0.288 e. The van der Waals surface area contributed by atoms with E-state index in [0.717, 1.165) is 0 Å². The standard InChI is InChI=1S/C6H9N3/c1-5(2)9-6(3-7)4-8/h5-6,9H,1-2H3. The van der Waals surface area contributed by atoms with Crippen molar-refractivity contribution < 1.29 is 0 Å². The Morgan fingerprint density at radius 3 is 1.78 bits per heavy atom. The third-order valence-corrected chi connectivity index (χ3v) is 0.758. The number of nitriles is 2. The summed E-state index contributed by atoms with van der Waals surface area (Å²) < 4.78 is 0. The zero-order valence-electron chi connectivity index (χ0n) is 5.55. The third kappa shape index (κ3) is 3.52. The number of hydrogen-bond donors (Lipinski definition) is 1. The monoisotopic (exact) mass is 123 g/mol. The molecular formula is C6H9N3. The Labute approximate surface area is 54.9 Å². The first kappa shape index (κ1) is 7.94. The molecule has 1 N–H and O–H groups in total. The van der Waals surface area contributed by atoms with Crippen molar-refractivity contribution >= 4 is 0 Å². The minimum atomic E-state index is -0.662. The maximum absolute atomic E-state index is 8.24. The van der Waals surface area contributed by atoms with Gasteiger partial charge in [0.2, 0.25) is 0 Å². The van der Waals surface area contributed by atoms with Crippen molar-refractivity contribution in [3.63, 3.8) is 0 Å². The normalized spacial score (nSPS) is 9.11. The maximum Gasteiger partial charge on any atom is 0.183 e. The lowest BCUT2D eigenvalue weighted by atomic mass is 10.3. The number of nitrogens with zero attached hydrogens (tertiary/aromatic N) is 2. The summed E-state index contributed by atoms with van der Waals surface area (Å²) in [5.41, 5.74) is 0. The molecule has 0 unspecified atom stereocenters. The predicted octanol–water partition coefficient (Wildman–Crippen LogP) is 0.400. The molecule has 0 aliphatic rings. The second kappa shape index (κ2) is 3.88. The molecule has 0 bridgehead atoms. The fourth-order valence-corrected chi connectivity index (χ4v) is 0.437. The average molecular weight is 123 g/mol. The van der Waals surface area contributed by atoms with Crippen LogP contribution in [0.15, 0.2) is 0 Å². The van der Waals surface area contributed by atoms with Crippen molar-refractivity contribution in [3.8, 4) is 12.1 Å². The predicted molar refractivity (Wildman–Crippen MR) is 33.3 cm³/mol. The van der Waals surface area contributed by atoms with Gasteiger partial charge in [-0.25, -0.2) is 0 Å². The van der Waals surface area contributed by atoms with Gasteiger partial charge in [-0.1, -0.05) is 0 Å². The van der Waals surface area contributed by atoms with Crippen LogP contribution in [-0.4, -0.2) is 12.1 Å². The molecule has 0 spiro atoms. The summed E-state index contributed by atoms with van der Waals surface area (Å²) in [6.45, 7) is 3.78. The summed E-state index contributed by atoms with van der Waals surface area (Å²) in [5, 5.41) is 19.2. The van der Waals surface area contributed by atoms with Crippen molar-refractivity contribution in [2.45, 2.75) is 25.9 Å².